The van der Waals surface area contributed by atoms with Gasteiger partial charge < -0.3 is 10.9 Å². The van der Waals surface area contributed by atoms with E-state index in [9.17, 15) is 0 Å². The van der Waals surface area contributed by atoms with Crippen LogP contribution >= 0.6 is 0 Å². The SMILES string of the molecule is Nc1cccc2c1/C(=N\O)c1ccccc1-2. The molecule has 78 valence electrons. The van der Waals surface area contributed by atoms with E-state index in [4.69, 9.17) is 10.9 Å². The summed E-state index contributed by atoms with van der Waals surface area (Å²) in [5.41, 5.74) is 11.0. The summed E-state index contributed by atoms with van der Waals surface area (Å²) in [5, 5.41) is 12.5. The minimum absolute atomic E-state index is 0.559. The van der Waals surface area contributed by atoms with Crippen LogP contribution in [-0.4, -0.2) is 10.9 Å². The highest BCUT2D eigenvalue weighted by Gasteiger charge is 2.26. The molecule has 16 heavy (non-hydrogen) atoms. The Balaban J connectivity index is 2.44. The van der Waals surface area contributed by atoms with E-state index in [1.54, 1.807) is 0 Å². The van der Waals surface area contributed by atoms with Crippen LogP contribution < -0.4 is 5.73 Å². The van der Waals surface area contributed by atoms with Gasteiger partial charge in [0, 0.05) is 16.8 Å². The van der Waals surface area contributed by atoms with Gasteiger partial charge in [0.25, 0.3) is 0 Å². The van der Waals surface area contributed by atoms with Crippen molar-refractivity contribution >= 4 is 11.4 Å². The number of nitrogens with zero attached hydrogens (tertiary/aromatic N) is 1. The Labute approximate surface area is 92.8 Å². The van der Waals surface area contributed by atoms with Gasteiger partial charge in [0.05, 0.1) is 0 Å². The molecule has 0 unspecified atom stereocenters. The van der Waals surface area contributed by atoms with Crippen LogP contribution in [0.1, 0.15) is 11.1 Å². The largest absolute Gasteiger partial charge is 0.410 e. The molecule has 1 aliphatic rings. The summed E-state index contributed by atoms with van der Waals surface area (Å²) in [6.45, 7) is 0. The van der Waals surface area contributed by atoms with Gasteiger partial charge in [-0.05, 0) is 17.2 Å². The van der Waals surface area contributed by atoms with Gasteiger partial charge in [-0.25, -0.2) is 0 Å². The highest BCUT2D eigenvalue weighted by atomic mass is 16.4. The lowest BCUT2D eigenvalue weighted by Crippen LogP contribution is -2.02. The summed E-state index contributed by atoms with van der Waals surface area (Å²) >= 11 is 0. The normalized spacial score (nSPS) is 14.9. The first-order valence-corrected chi connectivity index (χ1v) is 5.03. The molecule has 1 aliphatic carbocycles. The molecule has 0 saturated heterocycles. The van der Waals surface area contributed by atoms with Crippen molar-refractivity contribution < 1.29 is 5.21 Å². The van der Waals surface area contributed by atoms with Crippen molar-refractivity contribution in [1.29, 1.82) is 0 Å². The summed E-state index contributed by atoms with van der Waals surface area (Å²) in [7, 11) is 0. The molecule has 0 radical (unpaired) electrons. The van der Waals surface area contributed by atoms with Gasteiger partial charge in [-0.1, -0.05) is 41.6 Å². The summed E-state index contributed by atoms with van der Waals surface area (Å²) in [5.74, 6) is 0. The van der Waals surface area contributed by atoms with Gasteiger partial charge in [-0.2, -0.15) is 0 Å². The van der Waals surface area contributed by atoms with E-state index in [0.717, 1.165) is 22.3 Å². The molecule has 0 atom stereocenters. The summed E-state index contributed by atoms with van der Waals surface area (Å²) in [6.07, 6.45) is 0. The molecule has 3 rings (SSSR count). The second-order valence-electron chi connectivity index (χ2n) is 3.76. The van der Waals surface area contributed by atoms with Crippen molar-refractivity contribution in [2.24, 2.45) is 5.16 Å². The van der Waals surface area contributed by atoms with E-state index < -0.39 is 0 Å². The average molecular weight is 210 g/mol. The molecular weight excluding hydrogens is 200 g/mol. The Morgan fingerprint density at radius 3 is 2.31 bits per heavy atom. The number of nitrogens with two attached hydrogens (primary N) is 1. The molecular formula is C13H10N2O. The van der Waals surface area contributed by atoms with E-state index in [-0.39, 0.29) is 0 Å². The van der Waals surface area contributed by atoms with Crippen molar-refractivity contribution in [1.82, 2.24) is 0 Å². The second kappa shape index (κ2) is 3.10. The van der Waals surface area contributed by atoms with Crippen molar-refractivity contribution in [3.8, 4) is 11.1 Å². The minimum Gasteiger partial charge on any atom is -0.410 e. The zero-order valence-corrected chi connectivity index (χ0v) is 8.51. The monoisotopic (exact) mass is 210 g/mol. The first-order valence-electron chi connectivity index (χ1n) is 5.03. The molecule has 0 saturated carbocycles. The fraction of sp³-hybridized carbons (Fsp3) is 0. The molecule has 2 aromatic carbocycles. The van der Waals surface area contributed by atoms with Gasteiger partial charge in [0.15, 0.2) is 0 Å². The van der Waals surface area contributed by atoms with E-state index in [1.165, 1.54) is 0 Å². The number of nitrogen functional groups attached to an aromatic ring is 1. The van der Waals surface area contributed by atoms with Crippen LogP contribution in [0.2, 0.25) is 0 Å². The quantitative estimate of drug-likeness (QED) is 0.340. The van der Waals surface area contributed by atoms with Gasteiger partial charge in [-0.15, -0.1) is 0 Å². The number of benzene rings is 2. The molecule has 0 amide bonds. The van der Waals surface area contributed by atoms with Gasteiger partial charge >= 0.3 is 0 Å². The van der Waals surface area contributed by atoms with E-state index in [0.29, 0.717) is 11.4 Å². The standard InChI is InChI=1S/C13H10N2O/c14-11-7-3-6-9-8-4-1-2-5-10(8)13(15-16)12(9)11/h1-7,16H,14H2/b15-13-. The van der Waals surface area contributed by atoms with Crippen LogP contribution in [0.3, 0.4) is 0 Å². The number of oxime groups is 1. The minimum atomic E-state index is 0.559. The predicted octanol–water partition coefficient (Wildman–Crippen LogP) is 2.48. The fourth-order valence-electron chi connectivity index (χ4n) is 2.22. The zero-order valence-electron chi connectivity index (χ0n) is 8.51. The molecule has 3 nitrogen and oxygen atoms in total. The highest BCUT2D eigenvalue weighted by Crippen LogP contribution is 2.39. The fourth-order valence-corrected chi connectivity index (χ4v) is 2.22. The van der Waals surface area contributed by atoms with Crippen LogP contribution in [0.15, 0.2) is 47.6 Å². The Morgan fingerprint density at radius 1 is 0.875 bits per heavy atom. The molecule has 0 fully saturated rings. The lowest BCUT2D eigenvalue weighted by molar-refractivity contribution is 0.320. The van der Waals surface area contributed by atoms with Crippen LogP contribution in [0.25, 0.3) is 11.1 Å². The smallest absolute Gasteiger partial charge is 0.120 e. The first kappa shape index (κ1) is 8.97. The molecule has 2 aromatic rings. The Morgan fingerprint density at radius 2 is 1.56 bits per heavy atom. The van der Waals surface area contributed by atoms with Crippen LogP contribution in [0.5, 0.6) is 0 Å². The Kier molecular flexibility index (Phi) is 1.74. The summed E-state index contributed by atoms with van der Waals surface area (Å²) in [6, 6.07) is 13.5. The second-order valence-corrected chi connectivity index (χ2v) is 3.76. The predicted molar refractivity (Wildman–Crippen MR) is 63.7 cm³/mol. The maximum atomic E-state index is 9.12. The third kappa shape index (κ3) is 0.997. The molecule has 0 heterocycles. The van der Waals surface area contributed by atoms with E-state index in [1.807, 2.05) is 42.5 Å². The third-order valence-electron chi connectivity index (χ3n) is 2.91. The average Bonchev–Trinajstić information content (AvgIpc) is 2.65. The number of hydrogen-bond acceptors (Lipinski definition) is 3. The summed E-state index contributed by atoms with van der Waals surface area (Å²) in [4.78, 5) is 0. The van der Waals surface area contributed by atoms with E-state index in [2.05, 4.69) is 5.16 Å². The van der Waals surface area contributed by atoms with Crippen LogP contribution in [-0.2, 0) is 0 Å². The molecule has 0 spiro atoms. The lowest BCUT2D eigenvalue weighted by Gasteiger charge is -2.02. The topological polar surface area (TPSA) is 58.6 Å². The highest BCUT2D eigenvalue weighted by molar-refractivity contribution is 6.26. The van der Waals surface area contributed by atoms with Gasteiger partial charge in [0.1, 0.15) is 5.71 Å². The lowest BCUT2D eigenvalue weighted by atomic mass is 10.1. The molecule has 0 aromatic heterocycles. The molecule has 0 aliphatic heterocycles. The number of rotatable bonds is 0. The molecule has 3 N–H and O–H groups in total. The van der Waals surface area contributed by atoms with Crippen LogP contribution in [0.4, 0.5) is 5.69 Å². The summed E-state index contributed by atoms with van der Waals surface area (Å²) < 4.78 is 0. The van der Waals surface area contributed by atoms with Crippen molar-refractivity contribution in [2.75, 3.05) is 5.73 Å². The first-order chi connectivity index (χ1) is 7.83. The molecule has 3 heteroatoms. The maximum Gasteiger partial charge on any atom is 0.120 e. The Hall–Kier alpha value is -2.29. The number of fused-ring (bicyclic) bond motifs is 3. The Bertz CT molecular complexity index is 603. The number of hydrogen-bond donors (Lipinski definition) is 2. The van der Waals surface area contributed by atoms with Gasteiger partial charge in [0.2, 0.25) is 0 Å². The van der Waals surface area contributed by atoms with Crippen LogP contribution in [0, 0.1) is 0 Å². The molecule has 0 bridgehead atoms. The van der Waals surface area contributed by atoms with Gasteiger partial charge in [-0.3, -0.25) is 0 Å². The van der Waals surface area contributed by atoms with Crippen molar-refractivity contribution in [3.63, 3.8) is 0 Å². The zero-order chi connectivity index (χ0) is 11.1. The number of anilines is 1. The maximum absolute atomic E-state index is 9.12. The van der Waals surface area contributed by atoms with E-state index >= 15 is 0 Å². The third-order valence-corrected chi connectivity index (χ3v) is 2.91. The van der Waals surface area contributed by atoms with Crippen molar-refractivity contribution in [3.05, 3.63) is 53.6 Å². The van der Waals surface area contributed by atoms with Crippen molar-refractivity contribution in [2.45, 2.75) is 0 Å².